The molecule has 2 saturated heterocycles. The van der Waals surface area contributed by atoms with E-state index in [1.165, 1.54) is 11.3 Å². The number of halogens is 1. The maximum Gasteiger partial charge on any atom is 0.262 e. The molecular formula is C28H39FN4O5P2S. The largest absolute Gasteiger partial charge is 0.412 e. The average Bonchev–Trinajstić information content (AvgIpc) is 3.68. The average molecular weight is 625 g/mol. The molecule has 0 bridgehead atoms. The SMILES string of the molecule is O.O=C(N[C@H]1CCCC[C@H]2CC[C@@H](C(=O)N3Cc4cccnc4C3)N2C1=O)c1cc2cc(C(F)P(O)P)ccc2s1.[HH].[HH].[HH]. The van der Waals surface area contributed by atoms with E-state index in [9.17, 15) is 23.7 Å². The predicted molar refractivity (Wildman–Crippen MR) is 166 cm³/mol. The van der Waals surface area contributed by atoms with Gasteiger partial charge in [-0.25, -0.2) is 4.39 Å². The molecule has 4 N–H and O–H groups in total. The summed E-state index contributed by atoms with van der Waals surface area (Å²) >= 11 is 1.28. The van der Waals surface area contributed by atoms with Gasteiger partial charge >= 0.3 is 0 Å². The van der Waals surface area contributed by atoms with E-state index < -0.39 is 25.8 Å². The first-order valence-corrected chi connectivity index (χ1v) is 17.3. The molecule has 0 spiro atoms. The van der Waals surface area contributed by atoms with Crippen LogP contribution in [0.2, 0.25) is 0 Å². The first-order chi connectivity index (χ1) is 19.3. The molecule has 3 aromatic rings. The second kappa shape index (κ2) is 12.4. The van der Waals surface area contributed by atoms with Crippen LogP contribution >= 0.6 is 28.1 Å². The third kappa shape index (κ3) is 5.88. The molecule has 3 unspecified atom stereocenters. The molecule has 0 radical (unpaired) electrons. The van der Waals surface area contributed by atoms with Crippen LogP contribution in [0.4, 0.5) is 4.39 Å². The van der Waals surface area contributed by atoms with Crippen molar-refractivity contribution in [2.45, 2.75) is 75.7 Å². The molecule has 0 aliphatic carbocycles. The molecule has 3 aliphatic heterocycles. The Hall–Kier alpha value is -2.55. The molecule has 2 aromatic heterocycles. The van der Waals surface area contributed by atoms with Crippen LogP contribution < -0.4 is 5.32 Å². The van der Waals surface area contributed by atoms with Gasteiger partial charge in [0, 0.05) is 27.8 Å². The molecule has 1 aromatic carbocycles. The summed E-state index contributed by atoms with van der Waals surface area (Å²) in [6.07, 6.45) is 6.26. The van der Waals surface area contributed by atoms with Crippen LogP contribution in [0.25, 0.3) is 10.1 Å². The van der Waals surface area contributed by atoms with Gasteiger partial charge in [0.25, 0.3) is 5.91 Å². The Labute approximate surface area is 249 Å². The Balaban J connectivity index is 0.00000169. The predicted octanol–water partition coefficient (Wildman–Crippen LogP) is 4.93. The second-order valence-electron chi connectivity index (χ2n) is 10.7. The summed E-state index contributed by atoms with van der Waals surface area (Å²) in [5.74, 6) is -2.08. The van der Waals surface area contributed by atoms with Gasteiger partial charge in [0.05, 0.1) is 25.0 Å². The van der Waals surface area contributed by atoms with Crippen molar-refractivity contribution in [3.63, 3.8) is 0 Å². The summed E-state index contributed by atoms with van der Waals surface area (Å²) in [4.78, 5) is 58.9. The number of carbonyl (C=O) groups excluding carboxylic acids is 3. The van der Waals surface area contributed by atoms with E-state index in [4.69, 9.17) is 0 Å². The van der Waals surface area contributed by atoms with E-state index in [0.717, 1.165) is 41.6 Å². The molecule has 224 valence electrons. The molecule has 3 amide bonds. The van der Waals surface area contributed by atoms with Crippen LogP contribution in [-0.2, 0) is 22.7 Å². The molecule has 6 rings (SSSR count). The summed E-state index contributed by atoms with van der Waals surface area (Å²) in [6, 6.07) is 9.33. The minimum absolute atomic E-state index is 0. The number of hydrogen-bond acceptors (Lipinski definition) is 6. The fourth-order valence-corrected chi connectivity index (χ4v) is 8.11. The lowest BCUT2D eigenvalue weighted by atomic mass is 9.99. The number of alkyl halides is 1. The molecule has 6 atom stereocenters. The van der Waals surface area contributed by atoms with Gasteiger partial charge in [0.2, 0.25) is 11.8 Å². The van der Waals surface area contributed by atoms with Crippen LogP contribution in [0.1, 0.15) is 75.2 Å². The highest BCUT2D eigenvalue weighted by Gasteiger charge is 2.45. The quantitative estimate of drug-likeness (QED) is 0.388. The Bertz CT molecular complexity index is 1460. The van der Waals surface area contributed by atoms with Crippen molar-refractivity contribution >= 4 is 55.9 Å². The van der Waals surface area contributed by atoms with Crippen molar-refractivity contribution < 1.29 is 33.4 Å². The molecule has 3 aliphatic rings. The first kappa shape index (κ1) is 29.9. The summed E-state index contributed by atoms with van der Waals surface area (Å²) in [7, 11) is 0.265. The highest BCUT2D eigenvalue weighted by molar-refractivity contribution is 8.10. The topological polar surface area (TPSA) is 134 Å². The van der Waals surface area contributed by atoms with Gasteiger partial charge in [-0.05, 0) is 66.5 Å². The summed E-state index contributed by atoms with van der Waals surface area (Å²) in [5.41, 5.74) is 2.30. The van der Waals surface area contributed by atoms with Crippen LogP contribution in [-0.4, -0.2) is 61.0 Å². The van der Waals surface area contributed by atoms with Gasteiger partial charge in [-0.2, -0.15) is 0 Å². The third-order valence-corrected chi connectivity index (χ3v) is 10.9. The van der Waals surface area contributed by atoms with Crippen LogP contribution in [0, 0.1) is 0 Å². The maximum absolute atomic E-state index is 14.3. The number of fused-ring (bicyclic) bond motifs is 3. The molecule has 41 heavy (non-hydrogen) atoms. The molecule has 9 nitrogen and oxygen atoms in total. The fourth-order valence-electron chi connectivity index (χ4n) is 6.18. The number of rotatable bonds is 5. The van der Waals surface area contributed by atoms with Gasteiger partial charge in [0.15, 0.2) is 5.91 Å². The lowest BCUT2D eigenvalue weighted by Crippen LogP contribution is -2.56. The third-order valence-electron chi connectivity index (χ3n) is 8.20. The van der Waals surface area contributed by atoms with Gasteiger partial charge < -0.3 is 25.5 Å². The lowest BCUT2D eigenvalue weighted by molar-refractivity contribution is -0.147. The van der Waals surface area contributed by atoms with Crippen LogP contribution in [0.5, 0.6) is 0 Å². The van der Waals surface area contributed by atoms with Crippen molar-refractivity contribution in [2.75, 3.05) is 0 Å². The van der Waals surface area contributed by atoms with Crippen LogP contribution in [0.3, 0.4) is 0 Å². The van der Waals surface area contributed by atoms with Crippen molar-refractivity contribution in [3.8, 4) is 0 Å². The smallest absolute Gasteiger partial charge is 0.262 e. The second-order valence-corrected chi connectivity index (χ2v) is 14.6. The van der Waals surface area contributed by atoms with Crippen LogP contribution in [0.15, 0.2) is 42.6 Å². The monoisotopic (exact) mass is 624 g/mol. The first-order valence-electron chi connectivity index (χ1n) is 13.5. The molecule has 5 heterocycles. The van der Waals surface area contributed by atoms with Crippen molar-refractivity contribution in [1.29, 1.82) is 0 Å². The Morgan fingerprint density at radius 3 is 2.76 bits per heavy atom. The molecule has 13 heteroatoms. The summed E-state index contributed by atoms with van der Waals surface area (Å²) in [6.45, 7) is 0.950. The fraction of sp³-hybridized carbons (Fsp3) is 0.429. The van der Waals surface area contributed by atoms with E-state index >= 15 is 0 Å². The number of nitrogens with zero attached hydrogens (tertiary/aromatic N) is 3. The minimum atomic E-state index is -1.85. The zero-order valence-corrected chi connectivity index (χ0v) is 25.2. The highest BCUT2D eigenvalue weighted by atomic mass is 32.1. The van der Waals surface area contributed by atoms with Gasteiger partial charge in [-0.3, -0.25) is 19.4 Å². The Morgan fingerprint density at radius 2 is 1.98 bits per heavy atom. The van der Waals surface area contributed by atoms with Crippen molar-refractivity contribution in [1.82, 2.24) is 20.1 Å². The molecular weight excluding hydrogens is 585 g/mol. The summed E-state index contributed by atoms with van der Waals surface area (Å²) in [5, 5.41) is 3.67. The highest BCUT2D eigenvalue weighted by Crippen LogP contribution is 2.55. The number of amides is 3. The number of aromatic nitrogens is 1. The lowest BCUT2D eigenvalue weighted by Gasteiger charge is -2.36. The van der Waals surface area contributed by atoms with E-state index in [1.54, 1.807) is 40.3 Å². The van der Waals surface area contributed by atoms with Gasteiger partial charge in [-0.15, -0.1) is 11.3 Å². The van der Waals surface area contributed by atoms with E-state index in [-0.39, 0.29) is 33.5 Å². The van der Waals surface area contributed by atoms with Gasteiger partial charge in [-0.1, -0.05) is 33.9 Å². The Kier molecular flexibility index (Phi) is 9.02. The normalized spacial score (nSPS) is 23.7. The van der Waals surface area contributed by atoms with E-state index in [1.807, 2.05) is 12.1 Å². The van der Waals surface area contributed by atoms with Crippen molar-refractivity contribution in [2.24, 2.45) is 0 Å². The summed E-state index contributed by atoms with van der Waals surface area (Å²) < 4.78 is 15.2. The number of thiophene rings is 1. The minimum Gasteiger partial charge on any atom is -0.412 e. The molecule has 2 fully saturated rings. The number of benzene rings is 1. The van der Waals surface area contributed by atoms with Crippen molar-refractivity contribution in [3.05, 3.63) is 64.3 Å². The van der Waals surface area contributed by atoms with E-state index in [0.29, 0.717) is 41.8 Å². The number of carbonyl (C=O) groups is 3. The Morgan fingerprint density at radius 1 is 1.17 bits per heavy atom. The number of hydrogen-bond donors (Lipinski definition) is 2. The zero-order chi connectivity index (χ0) is 28.0. The number of nitrogens with one attached hydrogen (secondary N) is 1. The number of pyridine rings is 1. The standard InChI is InChI=1S/C28H31FN4O4P2S.H2O.3H2/c29-25(39(37)38)16-7-10-23-18(12-16)13-24(40-23)26(34)31-20-6-2-1-5-19-8-9-22(33(19)27(20)35)28(36)32-14-17-4-3-11-30-21(17)15-32;;;;/h3-4,7,10-13,19-20,22,25,37H,1-2,5-6,8-9,14-15,38H2,(H,31,34);1H2;3*1H/t19-,20-,22-,25?,39?;;;;/m0..../s1. The zero-order valence-electron chi connectivity index (χ0n) is 22.3. The molecule has 0 saturated carbocycles. The van der Waals surface area contributed by atoms with E-state index in [2.05, 4.69) is 19.2 Å². The maximum atomic E-state index is 14.3. The van der Waals surface area contributed by atoms with Gasteiger partial charge in [0.1, 0.15) is 12.1 Å².